The van der Waals surface area contributed by atoms with Gasteiger partial charge in [0, 0.05) is 10.9 Å². The molecule has 19 heavy (non-hydrogen) atoms. The molecule has 0 aliphatic carbocycles. The number of benzene rings is 1. The molecule has 0 radical (unpaired) electrons. The minimum Gasteiger partial charge on any atom is -0.507 e. The summed E-state index contributed by atoms with van der Waals surface area (Å²) in [5, 5.41) is 12.6. The summed E-state index contributed by atoms with van der Waals surface area (Å²) in [5.41, 5.74) is 0.955. The number of anilines is 1. The number of hydrogen-bond donors (Lipinski definition) is 2. The van der Waals surface area contributed by atoms with E-state index in [0.29, 0.717) is 5.13 Å². The predicted octanol–water partition coefficient (Wildman–Crippen LogP) is 3.11. The van der Waals surface area contributed by atoms with Crippen LogP contribution in [-0.4, -0.2) is 16.0 Å². The first kappa shape index (κ1) is 13.5. The van der Waals surface area contributed by atoms with Crippen molar-refractivity contribution >= 4 is 22.4 Å². The summed E-state index contributed by atoms with van der Waals surface area (Å²) in [4.78, 5) is 17.2. The van der Waals surface area contributed by atoms with Crippen LogP contribution >= 0.6 is 11.3 Å². The molecule has 0 aliphatic heterocycles. The van der Waals surface area contributed by atoms with Crippen LogP contribution in [0.3, 0.4) is 0 Å². The zero-order chi connectivity index (χ0) is 14.0. The van der Waals surface area contributed by atoms with Gasteiger partial charge in [0.05, 0.1) is 11.3 Å². The second-order valence-corrected chi connectivity index (χ2v) is 5.19. The van der Waals surface area contributed by atoms with Gasteiger partial charge in [-0.2, -0.15) is 0 Å². The van der Waals surface area contributed by atoms with Crippen LogP contribution in [0.4, 0.5) is 9.52 Å². The molecule has 1 amide bonds. The number of nitrogens with one attached hydrogen (secondary N) is 1. The van der Waals surface area contributed by atoms with Crippen LogP contribution in [0.2, 0.25) is 0 Å². The van der Waals surface area contributed by atoms with Crippen molar-refractivity contribution in [1.29, 1.82) is 0 Å². The summed E-state index contributed by atoms with van der Waals surface area (Å²) < 4.78 is 12.8. The van der Waals surface area contributed by atoms with E-state index in [4.69, 9.17) is 0 Å². The molecule has 0 fully saturated rings. The molecular weight excluding hydrogens is 267 g/mol. The van der Waals surface area contributed by atoms with Crippen molar-refractivity contribution < 1.29 is 14.3 Å². The largest absolute Gasteiger partial charge is 0.507 e. The highest BCUT2D eigenvalue weighted by Crippen LogP contribution is 2.24. The Hall–Kier alpha value is -1.95. The van der Waals surface area contributed by atoms with Gasteiger partial charge in [-0.1, -0.05) is 6.92 Å². The van der Waals surface area contributed by atoms with Crippen molar-refractivity contribution in [3.63, 3.8) is 0 Å². The highest BCUT2D eigenvalue weighted by molar-refractivity contribution is 7.15. The molecule has 0 bridgehead atoms. The molecule has 2 rings (SSSR count). The summed E-state index contributed by atoms with van der Waals surface area (Å²) in [5.74, 6) is -1.48. The number of aryl methyl sites for hydroxylation is 2. The van der Waals surface area contributed by atoms with Crippen molar-refractivity contribution in [1.82, 2.24) is 4.98 Å². The fourth-order valence-electron chi connectivity index (χ4n) is 1.67. The topological polar surface area (TPSA) is 62.2 Å². The SMILES string of the molecule is CCc1nc(NC(=O)c2ccc(F)cc2O)sc1C. The van der Waals surface area contributed by atoms with E-state index in [0.717, 1.165) is 29.1 Å². The summed E-state index contributed by atoms with van der Waals surface area (Å²) >= 11 is 1.37. The molecule has 1 aromatic carbocycles. The molecule has 6 heteroatoms. The third-order valence-electron chi connectivity index (χ3n) is 2.65. The van der Waals surface area contributed by atoms with E-state index in [9.17, 15) is 14.3 Å². The summed E-state index contributed by atoms with van der Waals surface area (Å²) in [6, 6.07) is 3.26. The molecule has 1 aromatic heterocycles. The number of carbonyl (C=O) groups is 1. The van der Waals surface area contributed by atoms with Gasteiger partial charge in [-0.05, 0) is 25.5 Å². The first-order valence-electron chi connectivity index (χ1n) is 5.77. The number of hydrogen-bond acceptors (Lipinski definition) is 4. The highest BCUT2D eigenvalue weighted by atomic mass is 32.1. The Bertz CT molecular complexity index is 625. The minimum atomic E-state index is -0.590. The number of aromatic nitrogens is 1. The van der Waals surface area contributed by atoms with Gasteiger partial charge >= 0.3 is 0 Å². The smallest absolute Gasteiger partial charge is 0.261 e. The van der Waals surface area contributed by atoms with Crippen LogP contribution in [0.15, 0.2) is 18.2 Å². The number of phenolic OH excluding ortho intramolecular Hbond substituents is 1. The number of amides is 1. The maximum atomic E-state index is 12.8. The molecule has 0 aliphatic rings. The number of carbonyl (C=O) groups excluding carboxylic acids is 1. The van der Waals surface area contributed by atoms with Gasteiger partial charge in [0.25, 0.3) is 5.91 Å². The van der Waals surface area contributed by atoms with Gasteiger partial charge in [-0.25, -0.2) is 9.37 Å². The summed E-state index contributed by atoms with van der Waals surface area (Å²) in [6.45, 7) is 3.92. The molecule has 4 nitrogen and oxygen atoms in total. The van der Waals surface area contributed by atoms with Crippen molar-refractivity contribution in [3.05, 3.63) is 40.2 Å². The Labute approximate surface area is 113 Å². The third kappa shape index (κ3) is 2.90. The number of halogens is 1. The average molecular weight is 280 g/mol. The highest BCUT2D eigenvalue weighted by Gasteiger charge is 2.14. The Kier molecular flexibility index (Phi) is 3.80. The lowest BCUT2D eigenvalue weighted by molar-refractivity contribution is 0.102. The van der Waals surface area contributed by atoms with Crippen LogP contribution in [-0.2, 0) is 6.42 Å². The lowest BCUT2D eigenvalue weighted by Gasteiger charge is -2.04. The van der Waals surface area contributed by atoms with Crippen molar-refractivity contribution in [2.75, 3.05) is 5.32 Å². The Morgan fingerprint density at radius 3 is 2.84 bits per heavy atom. The molecule has 0 unspecified atom stereocenters. The molecule has 2 N–H and O–H groups in total. The Morgan fingerprint density at radius 1 is 1.53 bits per heavy atom. The third-order valence-corrected chi connectivity index (χ3v) is 3.58. The van der Waals surface area contributed by atoms with Gasteiger partial charge in [0.2, 0.25) is 0 Å². The maximum Gasteiger partial charge on any atom is 0.261 e. The molecule has 0 saturated carbocycles. The summed E-state index contributed by atoms with van der Waals surface area (Å²) in [7, 11) is 0. The molecule has 1 heterocycles. The van der Waals surface area contributed by atoms with E-state index in [1.807, 2.05) is 13.8 Å². The van der Waals surface area contributed by atoms with Gasteiger partial charge in [0.15, 0.2) is 5.13 Å². The van der Waals surface area contributed by atoms with Gasteiger partial charge < -0.3 is 5.11 Å². The number of thiazole rings is 1. The number of rotatable bonds is 3. The van der Waals surface area contributed by atoms with Gasteiger partial charge in [0.1, 0.15) is 11.6 Å². The normalized spacial score (nSPS) is 10.5. The molecule has 2 aromatic rings. The van der Waals surface area contributed by atoms with Crippen LogP contribution in [0.25, 0.3) is 0 Å². The molecule has 0 spiro atoms. The number of nitrogens with zero attached hydrogens (tertiary/aromatic N) is 1. The van der Waals surface area contributed by atoms with Crippen LogP contribution in [0.1, 0.15) is 27.9 Å². The Balaban J connectivity index is 2.20. The number of phenols is 1. The van der Waals surface area contributed by atoms with E-state index in [-0.39, 0.29) is 11.3 Å². The predicted molar refractivity (Wildman–Crippen MR) is 72.2 cm³/mol. The van der Waals surface area contributed by atoms with Gasteiger partial charge in [-0.3, -0.25) is 10.1 Å². The summed E-state index contributed by atoms with van der Waals surface area (Å²) in [6.07, 6.45) is 0.792. The van der Waals surface area contributed by atoms with E-state index < -0.39 is 11.7 Å². The van der Waals surface area contributed by atoms with Crippen molar-refractivity contribution in [3.8, 4) is 5.75 Å². The van der Waals surface area contributed by atoms with Crippen LogP contribution < -0.4 is 5.32 Å². The molecule has 0 saturated heterocycles. The lowest BCUT2D eigenvalue weighted by atomic mass is 10.2. The first-order valence-corrected chi connectivity index (χ1v) is 6.59. The Morgan fingerprint density at radius 2 is 2.26 bits per heavy atom. The zero-order valence-corrected chi connectivity index (χ0v) is 11.3. The second kappa shape index (κ2) is 5.36. The molecule has 0 atom stereocenters. The molecule has 100 valence electrons. The minimum absolute atomic E-state index is 0.0206. The maximum absolute atomic E-state index is 12.8. The zero-order valence-electron chi connectivity index (χ0n) is 10.5. The van der Waals surface area contributed by atoms with Crippen LogP contribution in [0, 0.1) is 12.7 Å². The first-order chi connectivity index (χ1) is 9.01. The van der Waals surface area contributed by atoms with E-state index >= 15 is 0 Å². The average Bonchev–Trinajstić information content (AvgIpc) is 2.69. The van der Waals surface area contributed by atoms with E-state index in [2.05, 4.69) is 10.3 Å². The standard InChI is InChI=1S/C13H13FN2O2S/c1-3-10-7(2)19-13(15-10)16-12(18)9-5-4-8(14)6-11(9)17/h4-6,17H,3H2,1-2H3,(H,15,16,18). The monoisotopic (exact) mass is 280 g/mol. The quantitative estimate of drug-likeness (QED) is 0.908. The van der Waals surface area contributed by atoms with E-state index in [1.54, 1.807) is 0 Å². The fraction of sp³-hybridized carbons (Fsp3) is 0.231. The van der Waals surface area contributed by atoms with Crippen molar-refractivity contribution in [2.24, 2.45) is 0 Å². The molecular formula is C13H13FN2O2S. The second-order valence-electron chi connectivity index (χ2n) is 3.99. The fourth-order valence-corrected chi connectivity index (χ4v) is 2.57. The van der Waals surface area contributed by atoms with E-state index in [1.165, 1.54) is 17.4 Å². The van der Waals surface area contributed by atoms with Crippen LogP contribution in [0.5, 0.6) is 5.75 Å². The number of aromatic hydroxyl groups is 1. The lowest BCUT2D eigenvalue weighted by Crippen LogP contribution is -2.12. The van der Waals surface area contributed by atoms with Gasteiger partial charge in [-0.15, -0.1) is 11.3 Å². The van der Waals surface area contributed by atoms with Crippen molar-refractivity contribution in [2.45, 2.75) is 20.3 Å².